The summed E-state index contributed by atoms with van der Waals surface area (Å²) in [6.07, 6.45) is -5.14. The van der Waals surface area contributed by atoms with Gasteiger partial charge in [0.15, 0.2) is 0 Å². The zero-order chi connectivity index (χ0) is 10.4. The van der Waals surface area contributed by atoms with E-state index < -0.39 is 31.1 Å². The molecular formula is C6H12O6S. The first-order valence-corrected chi connectivity index (χ1v) is 4.11. The summed E-state index contributed by atoms with van der Waals surface area (Å²) in [5, 5.41) is 35.1. The van der Waals surface area contributed by atoms with Crippen LogP contribution in [0.5, 0.6) is 0 Å². The number of ether oxygens (including phenoxy) is 1. The Hall–Kier alpha value is -0.340. The molecule has 4 N–H and O–H groups in total. The minimum absolute atomic E-state index is 0.251. The van der Waals surface area contributed by atoms with Gasteiger partial charge in [-0.2, -0.15) is 12.6 Å². The SMILES string of the molecule is O=C(CS)OC(O)[C@@H](O)[C@@H](O)CO. The number of aliphatic hydroxyl groups excluding tert-OH is 4. The first-order chi connectivity index (χ1) is 6.02. The van der Waals surface area contributed by atoms with Crippen LogP contribution in [0.25, 0.3) is 0 Å². The molecule has 0 radical (unpaired) electrons. The summed E-state index contributed by atoms with van der Waals surface area (Å²) in [4.78, 5) is 10.5. The molecule has 0 aromatic carbocycles. The second-order valence-corrected chi connectivity index (χ2v) is 2.60. The molecule has 0 fully saturated rings. The van der Waals surface area contributed by atoms with Gasteiger partial charge >= 0.3 is 5.97 Å². The van der Waals surface area contributed by atoms with Crippen LogP contribution in [0.1, 0.15) is 0 Å². The summed E-state index contributed by atoms with van der Waals surface area (Å²) < 4.78 is 4.20. The van der Waals surface area contributed by atoms with Gasteiger partial charge < -0.3 is 25.2 Å². The Bertz CT molecular complexity index is 163. The average molecular weight is 212 g/mol. The van der Waals surface area contributed by atoms with Crippen molar-refractivity contribution in [3.63, 3.8) is 0 Å². The number of carbonyl (C=O) groups excluding carboxylic acids is 1. The van der Waals surface area contributed by atoms with Crippen LogP contribution in [0.3, 0.4) is 0 Å². The Morgan fingerprint density at radius 3 is 2.31 bits per heavy atom. The van der Waals surface area contributed by atoms with Crippen molar-refractivity contribution in [3.05, 3.63) is 0 Å². The molecule has 0 spiro atoms. The van der Waals surface area contributed by atoms with E-state index in [0.717, 1.165) is 0 Å². The summed E-state index contributed by atoms with van der Waals surface area (Å²) in [5.74, 6) is -1.08. The molecule has 0 aromatic rings. The molecule has 78 valence electrons. The van der Waals surface area contributed by atoms with Gasteiger partial charge in [-0.05, 0) is 0 Å². The lowest BCUT2D eigenvalue weighted by atomic mass is 10.2. The fourth-order valence-electron chi connectivity index (χ4n) is 0.540. The zero-order valence-electron chi connectivity index (χ0n) is 6.70. The molecule has 0 aliphatic heterocycles. The van der Waals surface area contributed by atoms with E-state index in [4.69, 9.17) is 20.4 Å². The quantitative estimate of drug-likeness (QED) is 0.196. The van der Waals surface area contributed by atoms with Gasteiger partial charge in [0.1, 0.15) is 12.2 Å². The lowest BCUT2D eigenvalue weighted by molar-refractivity contribution is -0.199. The van der Waals surface area contributed by atoms with Gasteiger partial charge in [-0.15, -0.1) is 0 Å². The second-order valence-electron chi connectivity index (χ2n) is 2.28. The van der Waals surface area contributed by atoms with Gasteiger partial charge in [0.25, 0.3) is 0 Å². The van der Waals surface area contributed by atoms with Crippen LogP contribution in [0.4, 0.5) is 0 Å². The summed E-state index contributed by atoms with van der Waals surface area (Å²) in [6, 6.07) is 0. The van der Waals surface area contributed by atoms with Crippen molar-refractivity contribution >= 4 is 18.6 Å². The summed E-state index contributed by atoms with van der Waals surface area (Å²) in [6.45, 7) is -0.739. The highest BCUT2D eigenvalue weighted by Crippen LogP contribution is 2.02. The Morgan fingerprint density at radius 2 is 1.92 bits per heavy atom. The molecular weight excluding hydrogens is 200 g/mol. The Balaban J connectivity index is 3.95. The smallest absolute Gasteiger partial charge is 0.318 e. The third-order valence-electron chi connectivity index (χ3n) is 1.25. The molecule has 0 aromatic heterocycles. The van der Waals surface area contributed by atoms with E-state index in [1.54, 1.807) is 0 Å². The van der Waals surface area contributed by atoms with Gasteiger partial charge in [-0.1, -0.05) is 0 Å². The number of hydrogen-bond acceptors (Lipinski definition) is 7. The average Bonchev–Trinajstić information content (AvgIpc) is 2.14. The first-order valence-electron chi connectivity index (χ1n) is 3.48. The van der Waals surface area contributed by atoms with Gasteiger partial charge in [0.05, 0.1) is 12.4 Å². The van der Waals surface area contributed by atoms with Gasteiger partial charge in [0, 0.05) is 0 Å². The minimum atomic E-state index is -1.86. The van der Waals surface area contributed by atoms with Crippen LogP contribution in [0.15, 0.2) is 0 Å². The van der Waals surface area contributed by atoms with E-state index in [1.807, 2.05) is 0 Å². The largest absolute Gasteiger partial charge is 0.432 e. The first kappa shape index (κ1) is 12.7. The van der Waals surface area contributed by atoms with E-state index in [0.29, 0.717) is 0 Å². The highest BCUT2D eigenvalue weighted by atomic mass is 32.1. The van der Waals surface area contributed by atoms with Crippen LogP contribution >= 0.6 is 12.6 Å². The molecule has 7 heteroatoms. The molecule has 0 rings (SSSR count). The fraction of sp³-hybridized carbons (Fsp3) is 0.833. The molecule has 0 amide bonds. The van der Waals surface area contributed by atoms with Crippen LogP contribution in [0, 0.1) is 0 Å². The van der Waals surface area contributed by atoms with E-state index in [1.165, 1.54) is 0 Å². The number of hydrogen-bond donors (Lipinski definition) is 5. The number of esters is 1. The molecule has 1 unspecified atom stereocenters. The van der Waals surface area contributed by atoms with Crippen molar-refractivity contribution < 1.29 is 30.0 Å². The van der Waals surface area contributed by atoms with E-state index in [-0.39, 0.29) is 5.75 Å². The van der Waals surface area contributed by atoms with E-state index >= 15 is 0 Å². The molecule has 0 bridgehead atoms. The second kappa shape index (κ2) is 6.17. The van der Waals surface area contributed by atoms with Crippen molar-refractivity contribution in [1.29, 1.82) is 0 Å². The fourth-order valence-corrected chi connectivity index (χ4v) is 0.614. The zero-order valence-corrected chi connectivity index (χ0v) is 7.59. The predicted molar refractivity (Wildman–Crippen MR) is 45.1 cm³/mol. The maximum atomic E-state index is 10.5. The van der Waals surface area contributed by atoms with Gasteiger partial charge in [0.2, 0.25) is 6.29 Å². The predicted octanol–water partition coefficient (Wildman–Crippen LogP) is -2.51. The summed E-state index contributed by atoms with van der Waals surface area (Å²) in [5.41, 5.74) is 0. The lowest BCUT2D eigenvalue weighted by Gasteiger charge is -2.20. The minimum Gasteiger partial charge on any atom is -0.432 e. The van der Waals surface area contributed by atoms with Crippen molar-refractivity contribution in [2.75, 3.05) is 12.4 Å². The number of carbonyl (C=O) groups is 1. The van der Waals surface area contributed by atoms with Crippen molar-refractivity contribution in [1.82, 2.24) is 0 Å². The number of thiol groups is 1. The highest BCUT2D eigenvalue weighted by molar-refractivity contribution is 7.81. The monoisotopic (exact) mass is 212 g/mol. The molecule has 0 aliphatic rings. The molecule has 0 saturated carbocycles. The topological polar surface area (TPSA) is 107 Å². The Labute approximate surface area is 80.2 Å². The summed E-state index contributed by atoms with van der Waals surface area (Å²) >= 11 is 3.55. The Kier molecular flexibility index (Phi) is 6.00. The number of aliphatic hydroxyl groups is 4. The van der Waals surface area contributed by atoms with Crippen LogP contribution < -0.4 is 0 Å². The van der Waals surface area contributed by atoms with Crippen molar-refractivity contribution in [2.24, 2.45) is 0 Å². The van der Waals surface area contributed by atoms with Crippen LogP contribution in [-0.2, 0) is 9.53 Å². The molecule has 13 heavy (non-hydrogen) atoms. The molecule has 0 heterocycles. The third kappa shape index (κ3) is 4.44. The standard InChI is InChI=1S/C6H12O6S/c7-1-3(8)5(10)6(11)12-4(9)2-13/h3,5-8,10-11,13H,1-2H2/t3-,5-,6?/m0/s1. The maximum absolute atomic E-state index is 10.5. The maximum Gasteiger partial charge on any atom is 0.318 e. The highest BCUT2D eigenvalue weighted by Gasteiger charge is 2.26. The number of rotatable bonds is 5. The van der Waals surface area contributed by atoms with Crippen molar-refractivity contribution in [3.8, 4) is 0 Å². The normalized spacial score (nSPS) is 17.6. The summed E-state index contributed by atoms with van der Waals surface area (Å²) in [7, 11) is 0. The molecule has 0 saturated heterocycles. The van der Waals surface area contributed by atoms with Crippen LogP contribution in [0.2, 0.25) is 0 Å². The third-order valence-corrected chi connectivity index (χ3v) is 1.51. The van der Waals surface area contributed by atoms with Crippen LogP contribution in [-0.4, -0.2) is 57.3 Å². The van der Waals surface area contributed by atoms with Crippen molar-refractivity contribution in [2.45, 2.75) is 18.5 Å². The van der Waals surface area contributed by atoms with E-state index in [9.17, 15) is 4.79 Å². The van der Waals surface area contributed by atoms with Gasteiger partial charge in [-0.3, -0.25) is 4.79 Å². The van der Waals surface area contributed by atoms with Gasteiger partial charge in [-0.25, -0.2) is 0 Å². The lowest BCUT2D eigenvalue weighted by Crippen LogP contribution is -2.42. The molecule has 3 atom stereocenters. The van der Waals surface area contributed by atoms with E-state index in [2.05, 4.69) is 17.4 Å². The Morgan fingerprint density at radius 1 is 1.38 bits per heavy atom. The molecule has 0 aliphatic carbocycles. The molecule has 6 nitrogen and oxygen atoms in total.